The van der Waals surface area contributed by atoms with Crippen molar-refractivity contribution >= 4 is 5.69 Å². The molecule has 3 rings (SSSR count). The fourth-order valence-corrected chi connectivity index (χ4v) is 2.76. The third-order valence-electron chi connectivity index (χ3n) is 4.04. The zero-order valence-electron chi connectivity index (χ0n) is 13.5. The van der Waals surface area contributed by atoms with Gasteiger partial charge in [0.15, 0.2) is 0 Å². The molecule has 122 valence electrons. The molecule has 0 aliphatic carbocycles. The van der Waals surface area contributed by atoms with Crippen LogP contribution in [0.1, 0.15) is 17.2 Å². The number of ether oxygens (including phenoxy) is 2. The SMILES string of the molecule is COCCNCCc1ccc2c(c1)NCC(c1ccccc1)O2. The molecule has 0 saturated heterocycles. The van der Waals surface area contributed by atoms with Gasteiger partial charge in [-0.2, -0.15) is 0 Å². The van der Waals surface area contributed by atoms with Crippen molar-refractivity contribution in [2.45, 2.75) is 12.5 Å². The zero-order valence-corrected chi connectivity index (χ0v) is 13.5. The zero-order chi connectivity index (χ0) is 15.9. The average molecular weight is 312 g/mol. The van der Waals surface area contributed by atoms with Gasteiger partial charge in [-0.15, -0.1) is 0 Å². The second kappa shape index (κ2) is 7.99. The second-order valence-electron chi connectivity index (χ2n) is 5.72. The molecule has 2 N–H and O–H groups in total. The van der Waals surface area contributed by atoms with Gasteiger partial charge in [0.25, 0.3) is 0 Å². The maximum atomic E-state index is 6.14. The van der Waals surface area contributed by atoms with Gasteiger partial charge in [-0.25, -0.2) is 0 Å². The second-order valence-corrected chi connectivity index (χ2v) is 5.72. The van der Waals surface area contributed by atoms with Crippen molar-refractivity contribution in [3.05, 3.63) is 59.7 Å². The minimum Gasteiger partial charge on any atom is -0.482 e. The Bertz CT molecular complexity index is 616. The molecule has 1 aliphatic rings. The summed E-state index contributed by atoms with van der Waals surface area (Å²) in [7, 11) is 1.72. The largest absolute Gasteiger partial charge is 0.482 e. The number of benzene rings is 2. The summed E-state index contributed by atoms with van der Waals surface area (Å²) in [5, 5.41) is 6.86. The number of hydrogen-bond acceptors (Lipinski definition) is 4. The predicted octanol–water partition coefficient (Wildman–Crippen LogP) is 3.01. The molecule has 0 saturated carbocycles. The molecule has 23 heavy (non-hydrogen) atoms. The Kier molecular flexibility index (Phi) is 5.51. The first kappa shape index (κ1) is 15.8. The first-order chi connectivity index (χ1) is 11.4. The van der Waals surface area contributed by atoms with Crippen LogP contribution < -0.4 is 15.4 Å². The van der Waals surface area contributed by atoms with E-state index in [1.807, 2.05) is 18.2 Å². The lowest BCUT2D eigenvalue weighted by molar-refractivity contribution is 0.199. The molecule has 1 heterocycles. The molecular formula is C19H24N2O2. The van der Waals surface area contributed by atoms with Crippen molar-refractivity contribution in [1.82, 2.24) is 5.32 Å². The quantitative estimate of drug-likeness (QED) is 0.771. The Morgan fingerprint density at radius 1 is 1.17 bits per heavy atom. The monoisotopic (exact) mass is 312 g/mol. The van der Waals surface area contributed by atoms with Crippen LogP contribution in [-0.4, -0.2) is 33.4 Å². The van der Waals surface area contributed by atoms with Crippen molar-refractivity contribution in [1.29, 1.82) is 0 Å². The van der Waals surface area contributed by atoms with Crippen molar-refractivity contribution in [2.75, 3.05) is 38.7 Å². The number of rotatable bonds is 7. The van der Waals surface area contributed by atoms with Crippen LogP contribution in [-0.2, 0) is 11.2 Å². The van der Waals surface area contributed by atoms with Gasteiger partial charge in [-0.05, 0) is 36.2 Å². The first-order valence-electron chi connectivity index (χ1n) is 8.15. The van der Waals surface area contributed by atoms with E-state index in [0.29, 0.717) is 0 Å². The van der Waals surface area contributed by atoms with Crippen LogP contribution in [0.3, 0.4) is 0 Å². The summed E-state index contributed by atoms with van der Waals surface area (Å²) in [6.45, 7) is 3.39. The van der Waals surface area contributed by atoms with Crippen LogP contribution >= 0.6 is 0 Å². The highest BCUT2D eigenvalue weighted by molar-refractivity contribution is 5.60. The van der Waals surface area contributed by atoms with E-state index < -0.39 is 0 Å². The van der Waals surface area contributed by atoms with E-state index in [1.54, 1.807) is 7.11 Å². The number of anilines is 1. The average Bonchev–Trinajstić information content (AvgIpc) is 2.62. The van der Waals surface area contributed by atoms with E-state index in [9.17, 15) is 0 Å². The molecule has 0 amide bonds. The highest BCUT2D eigenvalue weighted by Gasteiger charge is 2.20. The smallest absolute Gasteiger partial charge is 0.143 e. The number of nitrogens with one attached hydrogen (secondary N) is 2. The summed E-state index contributed by atoms with van der Waals surface area (Å²) in [6.07, 6.45) is 1.08. The lowest BCUT2D eigenvalue weighted by atomic mass is 10.1. The number of methoxy groups -OCH3 is 1. The molecule has 2 aromatic rings. The molecule has 0 spiro atoms. The third-order valence-corrected chi connectivity index (χ3v) is 4.04. The lowest BCUT2D eigenvalue weighted by Gasteiger charge is -2.28. The topological polar surface area (TPSA) is 42.5 Å². The number of fused-ring (bicyclic) bond motifs is 1. The van der Waals surface area contributed by atoms with Gasteiger partial charge in [0.05, 0.1) is 18.8 Å². The van der Waals surface area contributed by atoms with Crippen LogP contribution in [0.25, 0.3) is 0 Å². The maximum absolute atomic E-state index is 6.14. The van der Waals surface area contributed by atoms with Crippen molar-refractivity contribution < 1.29 is 9.47 Å². The van der Waals surface area contributed by atoms with Crippen LogP contribution in [0.4, 0.5) is 5.69 Å². The Hall–Kier alpha value is -2.04. The molecule has 0 bridgehead atoms. The third kappa shape index (κ3) is 4.24. The summed E-state index contributed by atoms with van der Waals surface area (Å²) < 4.78 is 11.2. The van der Waals surface area contributed by atoms with Gasteiger partial charge in [-0.1, -0.05) is 36.4 Å². The summed E-state index contributed by atoms with van der Waals surface area (Å²) in [5.41, 5.74) is 3.60. The Labute approximate surface area is 137 Å². The molecule has 1 unspecified atom stereocenters. The molecule has 0 radical (unpaired) electrons. The summed E-state index contributed by atoms with van der Waals surface area (Å²) in [6, 6.07) is 16.7. The minimum absolute atomic E-state index is 0.0743. The van der Waals surface area contributed by atoms with Crippen molar-refractivity contribution in [2.24, 2.45) is 0 Å². The molecule has 0 fully saturated rings. The summed E-state index contributed by atoms with van der Waals surface area (Å²) in [4.78, 5) is 0. The predicted molar refractivity (Wildman–Crippen MR) is 93.2 cm³/mol. The van der Waals surface area contributed by atoms with Gasteiger partial charge in [0, 0.05) is 13.7 Å². The van der Waals surface area contributed by atoms with E-state index in [0.717, 1.165) is 44.1 Å². The first-order valence-corrected chi connectivity index (χ1v) is 8.15. The highest BCUT2D eigenvalue weighted by atomic mass is 16.5. The van der Waals surface area contributed by atoms with E-state index in [2.05, 4.69) is 41.0 Å². The van der Waals surface area contributed by atoms with Gasteiger partial charge in [0.2, 0.25) is 0 Å². The normalized spacial score (nSPS) is 16.3. The fraction of sp³-hybridized carbons (Fsp3) is 0.368. The van der Waals surface area contributed by atoms with Gasteiger partial charge >= 0.3 is 0 Å². The maximum Gasteiger partial charge on any atom is 0.143 e. The van der Waals surface area contributed by atoms with E-state index in [-0.39, 0.29) is 6.10 Å². The molecule has 0 aromatic heterocycles. The Morgan fingerprint density at radius 2 is 2.04 bits per heavy atom. The minimum atomic E-state index is 0.0743. The molecule has 1 atom stereocenters. The standard InChI is InChI=1S/C19H24N2O2/c1-22-12-11-20-10-9-15-7-8-18-17(13-15)21-14-19(23-18)16-5-3-2-4-6-16/h2-8,13,19-21H,9-12,14H2,1H3. The summed E-state index contributed by atoms with van der Waals surface area (Å²) >= 11 is 0. The molecule has 4 nitrogen and oxygen atoms in total. The van der Waals surface area contributed by atoms with Crippen molar-refractivity contribution in [3.63, 3.8) is 0 Å². The number of hydrogen-bond donors (Lipinski definition) is 2. The van der Waals surface area contributed by atoms with E-state index >= 15 is 0 Å². The van der Waals surface area contributed by atoms with E-state index in [4.69, 9.17) is 9.47 Å². The molecular weight excluding hydrogens is 288 g/mol. The molecule has 2 aromatic carbocycles. The van der Waals surface area contributed by atoms with Crippen LogP contribution in [0.15, 0.2) is 48.5 Å². The summed E-state index contributed by atoms with van der Waals surface area (Å²) in [5.74, 6) is 0.932. The van der Waals surface area contributed by atoms with E-state index in [1.165, 1.54) is 11.1 Å². The Balaban J connectivity index is 1.58. The highest BCUT2D eigenvalue weighted by Crippen LogP contribution is 2.34. The lowest BCUT2D eigenvalue weighted by Crippen LogP contribution is -2.24. The molecule has 1 aliphatic heterocycles. The van der Waals surface area contributed by atoms with Crippen LogP contribution in [0.2, 0.25) is 0 Å². The van der Waals surface area contributed by atoms with Crippen LogP contribution in [0.5, 0.6) is 5.75 Å². The van der Waals surface area contributed by atoms with Gasteiger partial charge in [-0.3, -0.25) is 0 Å². The van der Waals surface area contributed by atoms with Gasteiger partial charge < -0.3 is 20.1 Å². The van der Waals surface area contributed by atoms with Crippen LogP contribution in [0, 0.1) is 0 Å². The van der Waals surface area contributed by atoms with Gasteiger partial charge in [0.1, 0.15) is 11.9 Å². The Morgan fingerprint density at radius 3 is 2.87 bits per heavy atom. The fourth-order valence-electron chi connectivity index (χ4n) is 2.76. The van der Waals surface area contributed by atoms with Crippen molar-refractivity contribution in [3.8, 4) is 5.75 Å². The molecule has 4 heteroatoms.